The Bertz CT molecular complexity index is 1160. The zero-order valence-corrected chi connectivity index (χ0v) is 22.1. The lowest BCUT2D eigenvalue weighted by molar-refractivity contribution is -0.105. The van der Waals surface area contributed by atoms with E-state index in [-0.39, 0.29) is 5.91 Å². The van der Waals surface area contributed by atoms with Crippen LogP contribution in [-0.4, -0.2) is 89.9 Å². The summed E-state index contributed by atoms with van der Waals surface area (Å²) < 4.78 is 11.9. The Kier molecular flexibility index (Phi) is 6.51. The molecule has 0 unspecified atom stereocenters. The molecule has 37 heavy (non-hydrogen) atoms. The minimum Gasteiger partial charge on any atom is -0.485 e. The van der Waals surface area contributed by atoms with Crippen molar-refractivity contribution in [1.82, 2.24) is 14.7 Å². The van der Waals surface area contributed by atoms with E-state index in [2.05, 4.69) is 40.1 Å². The van der Waals surface area contributed by atoms with Crippen molar-refractivity contribution in [1.29, 1.82) is 0 Å². The molecular weight excluding hydrogens is 466 g/mol. The molecule has 1 amide bonds. The Labute approximate surface area is 219 Å². The van der Waals surface area contributed by atoms with Gasteiger partial charge in [-0.1, -0.05) is 30.3 Å². The highest BCUT2D eigenvalue weighted by Gasteiger charge is 2.44. The van der Waals surface area contributed by atoms with Gasteiger partial charge in [-0.2, -0.15) is 0 Å². The number of hydrogen-bond donors (Lipinski definition) is 1. The highest BCUT2D eigenvalue weighted by Crippen LogP contribution is 2.38. The molecule has 1 spiro atoms. The normalized spacial score (nSPS) is 23.6. The maximum atomic E-state index is 13.6. The molecule has 0 radical (unpaired) electrons. The SMILES string of the molecule is CC1(C)CN(C[C@H](O)CN2CCc3ccccc3C2)C(=O)c2ccc(CN3CCC4(COC4)C3)cc2O1. The summed E-state index contributed by atoms with van der Waals surface area (Å²) in [6.45, 7) is 11.9. The van der Waals surface area contributed by atoms with Gasteiger partial charge < -0.3 is 19.5 Å². The number of likely N-dealkylation sites (tertiary alicyclic amines) is 1. The number of rotatable bonds is 6. The largest absolute Gasteiger partial charge is 0.485 e. The number of ether oxygens (including phenoxy) is 2. The number of aliphatic hydroxyl groups excluding tert-OH is 1. The van der Waals surface area contributed by atoms with Gasteiger partial charge in [-0.25, -0.2) is 0 Å². The summed E-state index contributed by atoms with van der Waals surface area (Å²) in [5.74, 6) is 0.583. The Balaban J connectivity index is 1.12. The minimum atomic E-state index is -0.621. The van der Waals surface area contributed by atoms with Gasteiger partial charge in [-0.15, -0.1) is 0 Å². The van der Waals surface area contributed by atoms with Crippen LogP contribution in [0.1, 0.15) is 47.3 Å². The third-order valence-corrected chi connectivity index (χ3v) is 8.37. The first-order chi connectivity index (χ1) is 17.8. The molecule has 7 heteroatoms. The van der Waals surface area contributed by atoms with Crippen LogP contribution in [0.3, 0.4) is 0 Å². The number of aliphatic hydroxyl groups is 1. The second kappa shape index (κ2) is 9.70. The molecule has 0 aliphatic carbocycles. The number of amides is 1. The lowest BCUT2D eigenvalue weighted by Crippen LogP contribution is -2.48. The summed E-state index contributed by atoms with van der Waals surface area (Å²) in [4.78, 5) is 20.1. The van der Waals surface area contributed by atoms with E-state index in [0.717, 1.165) is 52.4 Å². The van der Waals surface area contributed by atoms with Gasteiger partial charge in [0.15, 0.2) is 0 Å². The van der Waals surface area contributed by atoms with Crippen molar-refractivity contribution in [3.05, 3.63) is 64.7 Å². The maximum Gasteiger partial charge on any atom is 0.257 e. The fourth-order valence-electron chi connectivity index (χ4n) is 6.47. The quantitative estimate of drug-likeness (QED) is 0.651. The fraction of sp³-hybridized carbons (Fsp3) is 0.567. The Morgan fingerprint density at radius 2 is 1.81 bits per heavy atom. The monoisotopic (exact) mass is 505 g/mol. The van der Waals surface area contributed by atoms with Crippen LogP contribution in [0.25, 0.3) is 0 Å². The van der Waals surface area contributed by atoms with E-state index in [0.29, 0.717) is 36.4 Å². The zero-order chi connectivity index (χ0) is 25.6. The number of nitrogens with zero attached hydrogens (tertiary/aromatic N) is 3. The van der Waals surface area contributed by atoms with Crippen LogP contribution in [-0.2, 0) is 24.2 Å². The minimum absolute atomic E-state index is 0.0677. The highest BCUT2D eigenvalue weighted by atomic mass is 16.5. The van der Waals surface area contributed by atoms with Crippen molar-refractivity contribution >= 4 is 5.91 Å². The smallest absolute Gasteiger partial charge is 0.257 e. The van der Waals surface area contributed by atoms with Gasteiger partial charge in [-0.05, 0) is 62.1 Å². The summed E-state index contributed by atoms with van der Waals surface area (Å²) in [5.41, 5.74) is 4.28. The molecule has 1 atom stereocenters. The van der Waals surface area contributed by atoms with Crippen molar-refractivity contribution in [3.8, 4) is 5.75 Å². The first-order valence-corrected chi connectivity index (χ1v) is 13.7. The summed E-state index contributed by atoms with van der Waals surface area (Å²) in [5, 5.41) is 11.0. The maximum absolute atomic E-state index is 13.6. The van der Waals surface area contributed by atoms with Gasteiger partial charge in [0.05, 0.1) is 31.4 Å². The highest BCUT2D eigenvalue weighted by molar-refractivity contribution is 5.97. The first-order valence-electron chi connectivity index (χ1n) is 13.7. The van der Waals surface area contributed by atoms with Gasteiger partial charge in [0.2, 0.25) is 0 Å². The number of carbonyl (C=O) groups excluding carboxylic acids is 1. The van der Waals surface area contributed by atoms with Crippen molar-refractivity contribution in [2.24, 2.45) is 5.41 Å². The first kappa shape index (κ1) is 24.9. The van der Waals surface area contributed by atoms with Gasteiger partial charge in [-0.3, -0.25) is 14.6 Å². The van der Waals surface area contributed by atoms with Crippen LogP contribution in [0, 0.1) is 5.41 Å². The molecule has 198 valence electrons. The standard InChI is InChI=1S/C30H39N3O4/c1-29(2)18-33(17-25(34)16-31-11-9-23-5-3-4-6-24(23)15-31)28(35)26-8-7-22(13-27(26)37-29)14-32-12-10-30(19-32)20-36-21-30/h3-8,13,25,34H,9-12,14-21H2,1-2H3/t25-/m1/s1. The van der Waals surface area contributed by atoms with Crippen LogP contribution < -0.4 is 4.74 Å². The summed E-state index contributed by atoms with van der Waals surface area (Å²) >= 11 is 0. The second-order valence-corrected chi connectivity index (χ2v) is 12.2. The van der Waals surface area contributed by atoms with Crippen LogP contribution in [0.15, 0.2) is 42.5 Å². The number of β-amino-alcohol motifs (C(OH)–C–C–N with tert-alkyl or cyclic N) is 1. The molecular formula is C30H39N3O4. The van der Waals surface area contributed by atoms with Crippen molar-refractivity contribution in [3.63, 3.8) is 0 Å². The van der Waals surface area contributed by atoms with Crippen LogP contribution >= 0.6 is 0 Å². The molecule has 4 aliphatic rings. The van der Waals surface area contributed by atoms with Gasteiger partial charge in [0, 0.05) is 44.7 Å². The Morgan fingerprint density at radius 1 is 1.00 bits per heavy atom. The van der Waals surface area contributed by atoms with Crippen molar-refractivity contribution < 1.29 is 19.4 Å². The van der Waals surface area contributed by atoms with E-state index in [4.69, 9.17) is 9.47 Å². The van der Waals surface area contributed by atoms with Crippen molar-refractivity contribution in [2.45, 2.75) is 51.5 Å². The zero-order valence-electron chi connectivity index (χ0n) is 22.1. The molecule has 1 N–H and O–H groups in total. The summed E-state index contributed by atoms with van der Waals surface area (Å²) in [7, 11) is 0. The Morgan fingerprint density at radius 3 is 2.57 bits per heavy atom. The molecule has 2 aromatic rings. The summed E-state index contributed by atoms with van der Waals surface area (Å²) in [6.07, 6.45) is 1.57. The van der Waals surface area contributed by atoms with E-state index < -0.39 is 11.7 Å². The molecule has 7 nitrogen and oxygen atoms in total. The number of benzene rings is 2. The average molecular weight is 506 g/mol. The van der Waals surface area contributed by atoms with Crippen LogP contribution in [0.4, 0.5) is 0 Å². The molecule has 2 aromatic carbocycles. The molecule has 0 saturated carbocycles. The van der Waals surface area contributed by atoms with Crippen LogP contribution in [0.2, 0.25) is 0 Å². The second-order valence-electron chi connectivity index (χ2n) is 12.2. The molecule has 6 rings (SSSR count). The van der Waals surface area contributed by atoms with Crippen molar-refractivity contribution in [2.75, 3.05) is 52.5 Å². The lowest BCUT2D eigenvalue weighted by atomic mass is 9.85. The number of fused-ring (bicyclic) bond motifs is 2. The molecule has 0 aromatic heterocycles. The topological polar surface area (TPSA) is 65.5 Å². The van der Waals surface area contributed by atoms with Gasteiger partial charge in [0.25, 0.3) is 5.91 Å². The lowest BCUT2D eigenvalue weighted by Gasteiger charge is -2.37. The number of carbonyl (C=O) groups is 1. The fourth-order valence-corrected chi connectivity index (χ4v) is 6.47. The molecule has 0 bridgehead atoms. The molecule has 2 fully saturated rings. The number of hydrogen-bond acceptors (Lipinski definition) is 6. The van der Waals surface area contributed by atoms with E-state index in [1.54, 1.807) is 4.90 Å². The molecule has 4 aliphatic heterocycles. The predicted molar refractivity (Wildman–Crippen MR) is 142 cm³/mol. The van der Waals surface area contributed by atoms with E-state index in [9.17, 15) is 9.90 Å². The van der Waals surface area contributed by atoms with E-state index in [1.165, 1.54) is 23.1 Å². The van der Waals surface area contributed by atoms with Crippen LogP contribution in [0.5, 0.6) is 5.75 Å². The predicted octanol–water partition coefficient (Wildman–Crippen LogP) is 2.94. The third-order valence-electron chi connectivity index (χ3n) is 8.37. The van der Waals surface area contributed by atoms with Gasteiger partial charge in [0.1, 0.15) is 11.4 Å². The average Bonchev–Trinajstić information content (AvgIpc) is 3.24. The van der Waals surface area contributed by atoms with E-state index in [1.807, 2.05) is 26.0 Å². The summed E-state index contributed by atoms with van der Waals surface area (Å²) in [6, 6.07) is 14.5. The van der Waals surface area contributed by atoms with E-state index >= 15 is 0 Å². The van der Waals surface area contributed by atoms with Gasteiger partial charge >= 0.3 is 0 Å². The Hall–Kier alpha value is -2.45. The molecule has 4 heterocycles. The molecule has 2 saturated heterocycles. The third kappa shape index (κ3) is 5.28.